The molecule has 1 heterocycles. The van der Waals surface area contributed by atoms with Crippen LogP contribution in [-0.2, 0) is 0 Å². The highest BCUT2D eigenvalue weighted by Crippen LogP contribution is 2.15. The summed E-state index contributed by atoms with van der Waals surface area (Å²) in [6.45, 7) is 0. The van der Waals surface area contributed by atoms with E-state index in [2.05, 4.69) is 4.98 Å². The molecule has 1 aromatic heterocycles. The fourth-order valence-electron chi connectivity index (χ4n) is 1.24. The molecule has 0 unspecified atom stereocenters. The predicted molar refractivity (Wildman–Crippen MR) is 52.4 cm³/mol. The van der Waals surface area contributed by atoms with Crippen LogP contribution in [0.25, 0.3) is 10.8 Å². The van der Waals surface area contributed by atoms with Crippen LogP contribution in [-0.4, -0.2) is 4.98 Å². The summed E-state index contributed by atoms with van der Waals surface area (Å²) in [5.74, 6) is 0. The van der Waals surface area contributed by atoms with Crippen molar-refractivity contribution in [3.8, 4) is 0 Å². The molecular weight excluding hydrogens is 164 g/mol. The SMILES string of the molecule is Nc1cc(=O)ccc2ccncc12. The van der Waals surface area contributed by atoms with E-state index >= 15 is 0 Å². The van der Waals surface area contributed by atoms with Crippen molar-refractivity contribution in [2.24, 2.45) is 0 Å². The lowest BCUT2D eigenvalue weighted by molar-refractivity contribution is 1.37. The number of hydrogen-bond acceptors (Lipinski definition) is 3. The van der Waals surface area contributed by atoms with E-state index in [0.717, 1.165) is 10.8 Å². The molecule has 2 rings (SSSR count). The van der Waals surface area contributed by atoms with Gasteiger partial charge in [-0.15, -0.1) is 0 Å². The smallest absolute Gasteiger partial charge is 0.180 e. The Hall–Kier alpha value is -1.90. The maximum absolute atomic E-state index is 11.1. The summed E-state index contributed by atoms with van der Waals surface area (Å²) in [5.41, 5.74) is 6.08. The zero-order valence-corrected chi connectivity index (χ0v) is 6.90. The first-order valence-electron chi connectivity index (χ1n) is 3.91. The average Bonchev–Trinajstić information content (AvgIpc) is 2.27. The molecule has 0 saturated heterocycles. The molecule has 0 atom stereocenters. The van der Waals surface area contributed by atoms with Crippen LogP contribution < -0.4 is 11.2 Å². The summed E-state index contributed by atoms with van der Waals surface area (Å²) in [4.78, 5) is 15.0. The zero-order valence-electron chi connectivity index (χ0n) is 6.90. The lowest BCUT2D eigenvalue weighted by atomic mass is 10.2. The van der Waals surface area contributed by atoms with Crippen LogP contribution in [0.5, 0.6) is 0 Å². The van der Waals surface area contributed by atoms with Crippen LogP contribution in [0.4, 0.5) is 5.69 Å². The molecule has 64 valence electrons. The number of aromatic nitrogens is 1. The molecule has 0 aliphatic heterocycles. The molecule has 0 aliphatic rings. The Labute approximate surface area is 74.8 Å². The van der Waals surface area contributed by atoms with Gasteiger partial charge in [-0.1, -0.05) is 6.07 Å². The number of pyridine rings is 1. The number of anilines is 1. The van der Waals surface area contributed by atoms with Gasteiger partial charge in [0, 0.05) is 29.5 Å². The van der Waals surface area contributed by atoms with Crippen LogP contribution in [0.1, 0.15) is 0 Å². The molecule has 0 bridgehead atoms. The molecule has 2 N–H and O–H groups in total. The third-order valence-corrected chi connectivity index (χ3v) is 1.89. The molecule has 0 spiro atoms. The first kappa shape index (κ1) is 7.73. The first-order valence-corrected chi connectivity index (χ1v) is 3.91. The molecule has 2 aromatic rings. The summed E-state index contributed by atoms with van der Waals surface area (Å²) in [6, 6.07) is 6.48. The van der Waals surface area contributed by atoms with Crippen LogP contribution in [0.15, 0.2) is 41.5 Å². The quantitative estimate of drug-likeness (QED) is 0.649. The largest absolute Gasteiger partial charge is 0.398 e. The second kappa shape index (κ2) is 2.86. The molecule has 1 aromatic carbocycles. The summed E-state index contributed by atoms with van der Waals surface area (Å²) in [6.07, 6.45) is 3.33. The molecule has 3 nitrogen and oxygen atoms in total. The highest BCUT2D eigenvalue weighted by molar-refractivity contribution is 5.90. The second-order valence-electron chi connectivity index (χ2n) is 2.80. The van der Waals surface area contributed by atoms with Gasteiger partial charge in [-0.05, 0) is 17.5 Å². The van der Waals surface area contributed by atoms with Gasteiger partial charge in [0.05, 0.1) is 0 Å². The summed E-state index contributed by atoms with van der Waals surface area (Å²) in [5, 5.41) is 1.74. The summed E-state index contributed by atoms with van der Waals surface area (Å²) in [7, 11) is 0. The molecule has 13 heavy (non-hydrogen) atoms. The lowest BCUT2D eigenvalue weighted by Crippen LogP contribution is -1.93. The number of rotatable bonds is 0. The van der Waals surface area contributed by atoms with Crippen LogP contribution in [0.3, 0.4) is 0 Å². The van der Waals surface area contributed by atoms with Crippen molar-refractivity contribution in [3.63, 3.8) is 0 Å². The van der Waals surface area contributed by atoms with E-state index in [9.17, 15) is 4.79 Å². The fraction of sp³-hybridized carbons (Fsp3) is 0. The van der Waals surface area contributed by atoms with E-state index in [1.54, 1.807) is 18.5 Å². The van der Waals surface area contributed by atoms with Crippen molar-refractivity contribution >= 4 is 16.5 Å². The minimum absolute atomic E-state index is 0.0892. The van der Waals surface area contributed by atoms with Crippen molar-refractivity contribution in [3.05, 3.63) is 46.9 Å². The first-order chi connectivity index (χ1) is 6.27. The van der Waals surface area contributed by atoms with Gasteiger partial charge >= 0.3 is 0 Å². The Balaban J connectivity index is 3.02. The van der Waals surface area contributed by atoms with Crippen molar-refractivity contribution < 1.29 is 0 Å². The standard InChI is InChI=1S/C10H8N2O/c11-10-5-8(13)2-1-7-3-4-12-6-9(7)10/h1-6H,11H2. The second-order valence-corrected chi connectivity index (χ2v) is 2.80. The topological polar surface area (TPSA) is 56.0 Å². The zero-order chi connectivity index (χ0) is 9.26. The van der Waals surface area contributed by atoms with Gasteiger partial charge in [0.15, 0.2) is 5.43 Å². The van der Waals surface area contributed by atoms with Crippen molar-refractivity contribution in [2.75, 3.05) is 5.73 Å². The Morgan fingerprint density at radius 1 is 1.23 bits per heavy atom. The minimum atomic E-state index is -0.0892. The van der Waals surface area contributed by atoms with Gasteiger partial charge < -0.3 is 5.73 Å². The molecule has 0 radical (unpaired) electrons. The van der Waals surface area contributed by atoms with E-state index in [1.807, 2.05) is 6.07 Å². The van der Waals surface area contributed by atoms with E-state index in [1.165, 1.54) is 12.1 Å². The van der Waals surface area contributed by atoms with Gasteiger partial charge in [-0.2, -0.15) is 0 Å². The molecule has 0 saturated carbocycles. The van der Waals surface area contributed by atoms with Gasteiger partial charge in [0.1, 0.15) is 0 Å². The maximum atomic E-state index is 11.1. The number of nitrogens with two attached hydrogens (primary N) is 1. The lowest BCUT2D eigenvalue weighted by Gasteiger charge is -1.92. The van der Waals surface area contributed by atoms with Crippen molar-refractivity contribution in [2.45, 2.75) is 0 Å². The Morgan fingerprint density at radius 2 is 2.08 bits per heavy atom. The van der Waals surface area contributed by atoms with E-state index in [4.69, 9.17) is 5.73 Å². The Bertz CT molecular complexity index is 508. The summed E-state index contributed by atoms with van der Waals surface area (Å²) < 4.78 is 0. The fourth-order valence-corrected chi connectivity index (χ4v) is 1.24. The van der Waals surface area contributed by atoms with Gasteiger partial charge in [-0.25, -0.2) is 0 Å². The minimum Gasteiger partial charge on any atom is -0.398 e. The van der Waals surface area contributed by atoms with Crippen LogP contribution in [0.2, 0.25) is 0 Å². The third-order valence-electron chi connectivity index (χ3n) is 1.89. The highest BCUT2D eigenvalue weighted by atomic mass is 16.1. The van der Waals surface area contributed by atoms with Crippen molar-refractivity contribution in [1.82, 2.24) is 4.98 Å². The Morgan fingerprint density at radius 3 is 2.92 bits per heavy atom. The maximum Gasteiger partial charge on any atom is 0.180 e. The van der Waals surface area contributed by atoms with E-state index < -0.39 is 0 Å². The Kier molecular flexibility index (Phi) is 1.70. The molecule has 0 fully saturated rings. The molecular formula is C10H8N2O. The molecule has 0 amide bonds. The third kappa shape index (κ3) is 1.36. The number of fused-ring (bicyclic) bond motifs is 1. The normalized spacial score (nSPS) is 10.2. The van der Waals surface area contributed by atoms with Gasteiger partial charge in [-0.3, -0.25) is 9.78 Å². The summed E-state index contributed by atoms with van der Waals surface area (Å²) >= 11 is 0. The van der Waals surface area contributed by atoms with Crippen molar-refractivity contribution in [1.29, 1.82) is 0 Å². The number of nitrogens with zero attached hydrogens (tertiary/aromatic N) is 1. The van der Waals surface area contributed by atoms with Crippen LogP contribution >= 0.6 is 0 Å². The van der Waals surface area contributed by atoms with E-state index in [0.29, 0.717) is 5.69 Å². The average molecular weight is 172 g/mol. The molecule has 3 heteroatoms. The van der Waals surface area contributed by atoms with Gasteiger partial charge in [0.25, 0.3) is 0 Å². The predicted octanol–water partition coefficient (Wildman–Crippen LogP) is 1.18. The monoisotopic (exact) mass is 172 g/mol. The van der Waals surface area contributed by atoms with E-state index in [-0.39, 0.29) is 5.43 Å². The van der Waals surface area contributed by atoms with Crippen LogP contribution in [0, 0.1) is 0 Å². The van der Waals surface area contributed by atoms with Gasteiger partial charge in [0.2, 0.25) is 0 Å². The number of hydrogen-bond donors (Lipinski definition) is 1. The molecule has 0 aliphatic carbocycles. The highest BCUT2D eigenvalue weighted by Gasteiger charge is 1.95. The number of nitrogen functional groups attached to an aromatic ring is 1.